The monoisotopic (exact) mass is 423 g/mol. The summed E-state index contributed by atoms with van der Waals surface area (Å²) in [6, 6.07) is 13.9. The van der Waals surface area contributed by atoms with Gasteiger partial charge < -0.3 is 15.4 Å². The van der Waals surface area contributed by atoms with Crippen molar-refractivity contribution in [2.45, 2.75) is 38.1 Å². The second-order valence-electron chi connectivity index (χ2n) is 7.38. The smallest absolute Gasteiger partial charge is 0.313 e. The van der Waals surface area contributed by atoms with E-state index < -0.39 is 17.2 Å². The van der Waals surface area contributed by atoms with Crippen molar-refractivity contribution in [1.29, 1.82) is 0 Å². The Bertz CT molecular complexity index is 985. The van der Waals surface area contributed by atoms with Crippen LogP contribution < -0.4 is 20.7 Å². The van der Waals surface area contributed by atoms with Crippen molar-refractivity contribution in [3.8, 4) is 5.75 Å². The van der Waals surface area contributed by atoms with Gasteiger partial charge in [0, 0.05) is 18.7 Å². The maximum Gasteiger partial charge on any atom is 0.313 e. The molecule has 0 aliphatic carbocycles. The third-order valence-corrected chi connectivity index (χ3v) is 5.58. The molecule has 1 aliphatic heterocycles. The van der Waals surface area contributed by atoms with Gasteiger partial charge in [0.15, 0.2) is 0 Å². The number of imide groups is 1. The Hall–Kier alpha value is -3.68. The van der Waals surface area contributed by atoms with Crippen LogP contribution in [0.2, 0.25) is 0 Å². The highest BCUT2D eigenvalue weighted by Gasteiger charge is 2.42. The number of ether oxygens (including phenoxy) is 1. The first kappa shape index (κ1) is 22.0. The van der Waals surface area contributed by atoms with Crippen molar-refractivity contribution in [3.05, 3.63) is 59.7 Å². The molecule has 3 rings (SSSR count). The van der Waals surface area contributed by atoms with Crippen LogP contribution in [0.15, 0.2) is 48.5 Å². The average Bonchev–Trinajstić information content (AvgIpc) is 2.79. The van der Waals surface area contributed by atoms with Crippen LogP contribution >= 0.6 is 0 Å². The topological polar surface area (TPSA) is 114 Å². The van der Waals surface area contributed by atoms with E-state index in [4.69, 9.17) is 4.74 Å². The zero-order valence-electron chi connectivity index (χ0n) is 17.5. The van der Waals surface area contributed by atoms with Crippen molar-refractivity contribution in [2.24, 2.45) is 0 Å². The number of carbonyl (C=O) groups excluding carboxylic acids is 4. The first-order valence-electron chi connectivity index (χ1n) is 10.0. The summed E-state index contributed by atoms with van der Waals surface area (Å²) in [5, 5.41) is 7.53. The minimum Gasteiger partial charge on any atom is -0.497 e. The van der Waals surface area contributed by atoms with E-state index in [2.05, 4.69) is 16.0 Å². The summed E-state index contributed by atoms with van der Waals surface area (Å²) in [6.45, 7) is 2.11. The second-order valence-corrected chi connectivity index (χ2v) is 7.38. The van der Waals surface area contributed by atoms with Gasteiger partial charge in [0.05, 0.1) is 12.5 Å². The van der Waals surface area contributed by atoms with Gasteiger partial charge in [0.2, 0.25) is 11.8 Å². The minimum absolute atomic E-state index is 0.210. The number of hydrogen-bond donors (Lipinski definition) is 3. The molecule has 2 aromatic carbocycles. The van der Waals surface area contributed by atoms with Crippen molar-refractivity contribution in [3.63, 3.8) is 0 Å². The van der Waals surface area contributed by atoms with E-state index in [1.807, 2.05) is 6.92 Å². The summed E-state index contributed by atoms with van der Waals surface area (Å²) in [4.78, 5) is 48.3. The lowest BCUT2D eigenvalue weighted by Gasteiger charge is -2.35. The Kier molecular flexibility index (Phi) is 6.69. The van der Waals surface area contributed by atoms with Crippen LogP contribution in [0.4, 0.5) is 5.69 Å². The summed E-state index contributed by atoms with van der Waals surface area (Å²) < 4.78 is 5.08. The first-order valence-corrected chi connectivity index (χ1v) is 10.0. The Labute approximate surface area is 180 Å². The lowest BCUT2D eigenvalue weighted by molar-refractivity contribution is -0.138. The Morgan fingerprint density at radius 1 is 1.03 bits per heavy atom. The number of amides is 4. The van der Waals surface area contributed by atoms with Gasteiger partial charge in [-0.2, -0.15) is 0 Å². The fraction of sp³-hybridized carbons (Fsp3) is 0.304. The van der Waals surface area contributed by atoms with Crippen LogP contribution in [0.1, 0.15) is 37.3 Å². The number of nitrogens with one attached hydrogen (secondary N) is 3. The number of rotatable bonds is 6. The number of anilines is 1. The molecule has 8 nitrogen and oxygen atoms in total. The molecular formula is C23H25N3O5. The molecule has 1 heterocycles. The van der Waals surface area contributed by atoms with Crippen LogP contribution in [0.3, 0.4) is 0 Å². The summed E-state index contributed by atoms with van der Waals surface area (Å²) in [5.74, 6) is -1.40. The van der Waals surface area contributed by atoms with Gasteiger partial charge in [-0.3, -0.25) is 24.5 Å². The SMILES string of the molecule is CC[C@@]1(c2ccc(NC(=O)C(=O)NCc3ccc(OC)cc3)cc2)CCC(=O)NC1=O. The molecule has 0 saturated carbocycles. The van der Waals surface area contributed by atoms with Crippen LogP contribution in [0.25, 0.3) is 0 Å². The third kappa shape index (κ3) is 4.91. The molecule has 3 N–H and O–H groups in total. The molecule has 0 aromatic heterocycles. The fourth-order valence-electron chi connectivity index (χ4n) is 3.63. The summed E-state index contributed by atoms with van der Waals surface area (Å²) in [6.07, 6.45) is 1.27. The lowest BCUT2D eigenvalue weighted by atomic mass is 9.72. The molecule has 0 unspecified atom stereocenters. The molecule has 31 heavy (non-hydrogen) atoms. The molecule has 8 heteroatoms. The van der Waals surface area contributed by atoms with Gasteiger partial charge in [0.25, 0.3) is 0 Å². The summed E-state index contributed by atoms with van der Waals surface area (Å²) >= 11 is 0. The third-order valence-electron chi connectivity index (χ3n) is 5.58. The van der Waals surface area contributed by atoms with Crippen LogP contribution in [-0.2, 0) is 31.1 Å². The van der Waals surface area contributed by atoms with Gasteiger partial charge >= 0.3 is 11.8 Å². The van der Waals surface area contributed by atoms with Crippen molar-refractivity contribution in [2.75, 3.05) is 12.4 Å². The number of hydrogen-bond acceptors (Lipinski definition) is 5. The number of benzene rings is 2. The van der Waals surface area contributed by atoms with E-state index >= 15 is 0 Å². The number of carbonyl (C=O) groups is 4. The average molecular weight is 423 g/mol. The van der Waals surface area contributed by atoms with E-state index in [-0.39, 0.29) is 24.8 Å². The molecule has 4 amide bonds. The standard InChI is InChI=1S/C23H25N3O5/c1-3-23(13-12-19(27)26-22(23)30)16-6-8-17(9-7-16)25-21(29)20(28)24-14-15-4-10-18(31-2)11-5-15/h4-11H,3,12-14H2,1-2H3,(H,24,28)(H,25,29)(H,26,27,30)/t23-/m0/s1. The molecule has 162 valence electrons. The number of methoxy groups -OCH3 is 1. The van der Waals surface area contributed by atoms with E-state index in [9.17, 15) is 19.2 Å². The molecule has 1 aliphatic rings. The van der Waals surface area contributed by atoms with Gasteiger partial charge in [-0.05, 0) is 48.2 Å². The van der Waals surface area contributed by atoms with Gasteiger partial charge in [-0.25, -0.2) is 0 Å². The van der Waals surface area contributed by atoms with Crippen molar-refractivity contribution < 1.29 is 23.9 Å². The highest BCUT2D eigenvalue weighted by molar-refractivity contribution is 6.39. The Morgan fingerprint density at radius 3 is 2.29 bits per heavy atom. The van der Waals surface area contributed by atoms with Gasteiger partial charge in [0.1, 0.15) is 5.75 Å². The maximum atomic E-state index is 12.5. The summed E-state index contributed by atoms with van der Waals surface area (Å²) in [7, 11) is 1.57. The quantitative estimate of drug-likeness (QED) is 0.486. The van der Waals surface area contributed by atoms with Crippen LogP contribution in [-0.4, -0.2) is 30.7 Å². The van der Waals surface area contributed by atoms with Crippen LogP contribution in [0, 0.1) is 0 Å². The Morgan fingerprint density at radius 2 is 1.71 bits per heavy atom. The molecule has 1 saturated heterocycles. The van der Waals surface area contributed by atoms with Gasteiger partial charge in [-0.15, -0.1) is 0 Å². The van der Waals surface area contributed by atoms with Crippen molar-refractivity contribution >= 4 is 29.3 Å². The molecular weight excluding hydrogens is 398 g/mol. The zero-order valence-corrected chi connectivity index (χ0v) is 17.5. The van der Waals surface area contributed by atoms with E-state index in [1.54, 1.807) is 55.6 Å². The second kappa shape index (κ2) is 9.42. The highest BCUT2D eigenvalue weighted by Crippen LogP contribution is 2.36. The first-order chi connectivity index (χ1) is 14.9. The summed E-state index contributed by atoms with van der Waals surface area (Å²) in [5.41, 5.74) is 1.26. The highest BCUT2D eigenvalue weighted by atomic mass is 16.5. The fourth-order valence-corrected chi connectivity index (χ4v) is 3.63. The molecule has 0 spiro atoms. The van der Waals surface area contributed by atoms with Gasteiger partial charge in [-0.1, -0.05) is 31.2 Å². The van der Waals surface area contributed by atoms with E-state index in [0.29, 0.717) is 24.3 Å². The predicted molar refractivity (Wildman–Crippen MR) is 114 cm³/mol. The zero-order chi connectivity index (χ0) is 22.4. The van der Waals surface area contributed by atoms with E-state index in [1.165, 1.54) is 0 Å². The van der Waals surface area contributed by atoms with Crippen molar-refractivity contribution in [1.82, 2.24) is 10.6 Å². The van der Waals surface area contributed by atoms with E-state index in [0.717, 1.165) is 11.1 Å². The Balaban J connectivity index is 1.59. The lowest BCUT2D eigenvalue weighted by Crippen LogP contribution is -2.51. The molecule has 1 atom stereocenters. The maximum absolute atomic E-state index is 12.5. The minimum atomic E-state index is -0.785. The largest absolute Gasteiger partial charge is 0.497 e. The molecule has 0 bridgehead atoms. The normalized spacial score (nSPS) is 18.1. The van der Waals surface area contributed by atoms with Crippen LogP contribution in [0.5, 0.6) is 5.75 Å². The molecule has 2 aromatic rings. The number of piperidine rings is 1. The predicted octanol–water partition coefficient (Wildman–Crippen LogP) is 2.03. The molecule has 0 radical (unpaired) electrons. The molecule has 1 fully saturated rings.